The zero-order valence-corrected chi connectivity index (χ0v) is 10.1. The summed E-state index contributed by atoms with van der Waals surface area (Å²) in [5.41, 5.74) is 0. The Morgan fingerprint density at radius 1 is 1.56 bits per heavy atom. The quantitative estimate of drug-likeness (QED) is 0.785. The minimum atomic E-state index is 0.128. The predicted octanol–water partition coefficient (Wildman–Crippen LogP) is 1.90. The summed E-state index contributed by atoms with van der Waals surface area (Å²) < 4.78 is 0. The summed E-state index contributed by atoms with van der Waals surface area (Å²) in [5, 5.41) is 16.1. The summed E-state index contributed by atoms with van der Waals surface area (Å²) in [6, 6.07) is 2.12. The molecular weight excluding hydrogens is 226 g/mol. The van der Waals surface area contributed by atoms with Crippen molar-refractivity contribution in [3.63, 3.8) is 0 Å². The number of nitrogens with zero attached hydrogens (tertiary/aromatic N) is 5. The molecular formula is C10H14ClN5. The molecule has 0 atom stereocenters. The average molecular weight is 240 g/mol. The first-order valence-corrected chi connectivity index (χ1v) is 5.48. The van der Waals surface area contributed by atoms with Crippen LogP contribution < -0.4 is 4.90 Å². The predicted molar refractivity (Wildman–Crippen MR) is 62.1 cm³/mol. The molecule has 1 rings (SSSR count). The highest BCUT2D eigenvalue weighted by Gasteiger charge is 2.10. The maximum Gasteiger partial charge on any atom is 0.244 e. The molecule has 0 radical (unpaired) electrons. The van der Waals surface area contributed by atoms with Crippen molar-refractivity contribution in [1.82, 2.24) is 15.2 Å². The van der Waals surface area contributed by atoms with Gasteiger partial charge in [0.15, 0.2) is 5.82 Å². The molecule has 0 unspecified atom stereocenters. The number of rotatable bonds is 5. The lowest BCUT2D eigenvalue weighted by atomic mass is 10.2. The summed E-state index contributed by atoms with van der Waals surface area (Å²) in [6.07, 6.45) is 2.01. The van der Waals surface area contributed by atoms with Crippen LogP contribution in [0.4, 0.5) is 5.82 Å². The fourth-order valence-electron chi connectivity index (χ4n) is 1.35. The third kappa shape index (κ3) is 3.99. The van der Waals surface area contributed by atoms with E-state index in [1.165, 1.54) is 0 Å². The number of aromatic nitrogens is 3. The lowest BCUT2D eigenvalue weighted by Gasteiger charge is -2.23. The van der Waals surface area contributed by atoms with Crippen molar-refractivity contribution in [1.29, 1.82) is 5.26 Å². The van der Waals surface area contributed by atoms with Crippen molar-refractivity contribution < 1.29 is 0 Å². The van der Waals surface area contributed by atoms with Crippen LogP contribution in [0.1, 0.15) is 20.3 Å². The highest BCUT2D eigenvalue weighted by atomic mass is 35.5. The molecule has 1 aromatic rings. The van der Waals surface area contributed by atoms with E-state index in [1.54, 1.807) is 6.20 Å². The Labute approximate surface area is 100 Å². The zero-order valence-electron chi connectivity index (χ0n) is 9.39. The van der Waals surface area contributed by atoms with Crippen LogP contribution in [-0.4, -0.2) is 28.3 Å². The van der Waals surface area contributed by atoms with Gasteiger partial charge in [0, 0.05) is 13.1 Å². The molecule has 5 nitrogen and oxygen atoms in total. The molecule has 0 amide bonds. The number of nitriles is 1. The van der Waals surface area contributed by atoms with Gasteiger partial charge >= 0.3 is 0 Å². The topological polar surface area (TPSA) is 65.7 Å². The fraction of sp³-hybridized carbons (Fsp3) is 0.600. The maximum absolute atomic E-state index is 8.60. The Morgan fingerprint density at radius 3 is 2.88 bits per heavy atom. The van der Waals surface area contributed by atoms with Gasteiger partial charge in [0.05, 0.1) is 18.7 Å². The molecule has 0 saturated carbocycles. The minimum absolute atomic E-state index is 0.128. The molecule has 6 heteroatoms. The highest BCUT2D eigenvalue weighted by Crippen LogP contribution is 2.13. The molecule has 0 N–H and O–H groups in total. The van der Waals surface area contributed by atoms with Crippen molar-refractivity contribution in [3.05, 3.63) is 11.5 Å². The first-order chi connectivity index (χ1) is 7.63. The van der Waals surface area contributed by atoms with Crippen LogP contribution in [0.5, 0.6) is 0 Å². The maximum atomic E-state index is 8.60. The summed E-state index contributed by atoms with van der Waals surface area (Å²) >= 11 is 5.68. The van der Waals surface area contributed by atoms with Crippen LogP contribution in [0.15, 0.2) is 6.20 Å². The second-order valence-corrected chi connectivity index (χ2v) is 4.17. The van der Waals surface area contributed by atoms with E-state index in [9.17, 15) is 0 Å². The van der Waals surface area contributed by atoms with E-state index < -0.39 is 0 Å². The number of anilines is 1. The van der Waals surface area contributed by atoms with Gasteiger partial charge in [-0.25, -0.2) is 0 Å². The molecule has 0 fully saturated rings. The van der Waals surface area contributed by atoms with E-state index in [1.807, 2.05) is 4.90 Å². The van der Waals surface area contributed by atoms with Crippen LogP contribution in [0, 0.1) is 17.2 Å². The molecule has 1 heterocycles. The number of halogens is 1. The SMILES string of the molecule is CC(C)CN(CCC#N)c1cnnc(Cl)n1. The van der Waals surface area contributed by atoms with Crippen LogP contribution >= 0.6 is 11.6 Å². The van der Waals surface area contributed by atoms with Gasteiger partial charge in [-0.3, -0.25) is 0 Å². The van der Waals surface area contributed by atoms with Gasteiger partial charge in [0.25, 0.3) is 0 Å². The zero-order chi connectivity index (χ0) is 12.0. The van der Waals surface area contributed by atoms with Gasteiger partial charge in [-0.05, 0) is 17.5 Å². The van der Waals surface area contributed by atoms with E-state index in [2.05, 4.69) is 35.1 Å². The van der Waals surface area contributed by atoms with Gasteiger partial charge in [-0.15, -0.1) is 5.10 Å². The normalized spacial score (nSPS) is 10.2. The smallest absolute Gasteiger partial charge is 0.244 e. The summed E-state index contributed by atoms with van der Waals surface area (Å²) in [6.45, 7) is 5.66. The minimum Gasteiger partial charge on any atom is -0.354 e. The fourth-order valence-corrected chi connectivity index (χ4v) is 1.48. The van der Waals surface area contributed by atoms with E-state index in [0.717, 1.165) is 6.54 Å². The lowest BCUT2D eigenvalue weighted by Crippen LogP contribution is -2.29. The molecule has 0 saturated heterocycles. The van der Waals surface area contributed by atoms with Crippen LogP contribution in [0.2, 0.25) is 5.28 Å². The van der Waals surface area contributed by atoms with E-state index in [4.69, 9.17) is 16.9 Å². The molecule has 0 spiro atoms. The van der Waals surface area contributed by atoms with Crippen LogP contribution in [-0.2, 0) is 0 Å². The molecule has 0 aliphatic carbocycles. The Bertz CT molecular complexity index is 374. The molecule has 0 bridgehead atoms. The summed E-state index contributed by atoms with van der Waals surface area (Å²) in [4.78, 5) is 6.08. The van der Waals surface area contributed by atoms with Gasteiger partial charge in [-0.2, -0.15) is 15.3 Å². The lowest BCUT2D eigenvalue weighted by molar-refractivity contribution is 0.605. The second kappa shape index (κ2) is 6.23. The van der Waals surface area contributed by atoms with Crippen molar-refractivity contribution in [2.45, 2.75) is 20.3 Å². The largest absolute Gasteiger partial charge is 0.354 e. The van der Waals surface area contributed by atoms with Gasteiger partial charge in [0.1, 0.15) is 0 Å². The Kier molecular flexibility index (Phi) is 4.93. The van der Waals surface area contributed by atoms with E-state index >= 15 is 0 Å². The molecule has 0 aliphatic heterocycles. The van der Waals surface area contributed by atoms with Crippen molar-refractivity contribution in [2.75, 3.05) is 18.0 Å². The summed E-state index contributed by atoms with van der Waals surface area (Å²) in [5.74, 6) is 1.15. The third-order valence-corrected chi connectivity index (χ3v) is 2.08. The Balaban J connectivity index is 2.79. The highest BCUT2D eigenvalue weighted by molar-refractivity contribution is 6.28. The first-order valence-electron chi connectivity index (χ1n) is 5.10. The summed E-state index contributed by atoms with van der Waals surface area (Å²) in [7, 11) is 0. The Hall–Kier alpha value is -1.41. The number of hydrogen-bond donors (Lipinski definition) is 0. The first kappa shape index (κ1) is 12.7. The standard InChI is InChI=1S/C10H14ClN5/c1-8(2)7-16(5-3-4-12)9-6-13-15-10(11)14-9/h6,8H,3,5,7H2,1-2H3. The van der Waals surface area contributed by atoms with Gasteiger partial charge < -0.3 is 4.90 Å². The van der Waals surface area contributed by atoms with Crippen LogP contribution in [0.25, 0.3) is 0 Å². The van der Waals surface area contributed by atoms with Crippen molar-refractivity contribution in [2.24, 2.45) is 5.92 Å². The number of hydrogen-bond acceptors (Lipinski definition) is 5. The third-order valence-electron chi connectivity index (χ3n) is 1.92. The van der Waals surface area contributed by atoms with Crippen molar-refractivity contribution >= 4 is 17.4 Å². The van der Waals surface area contributed by atoms with Crippen LogP contribution in [0.3, 0.4) is 0 Å². The van der Waals surface area contributed by atoms with E-state index in [0.29, 0.717) is 24.7 Å². The average Bonchev–Trinajstić information content (AvgIpc) is 2.23. The molecule has 0 aliphatic rings. The van der Waals surface area contributed by atoms with Gasteiger partial charge in [-0.1, -0.05) is 13.8 Å². The molecule has 1 aromatic heterocycles. The van der Waals surface area contributed by atoms with Gasteiger partial charge in [0.2, 0.25) is 5.28 Å². The molecule has 86 valence electrons. The van der Waals surface area contributed by atoms with Crippen molar-refractivity contribution in [3.8, 4) is 6.07 Å². The molecule has 0 aromatic carbocycles. The monoisotopic (exact) mass is 239 g/mol. The molecule has 16 heavy (non-hydrogen) atoms. The van der Waals surface area contributed by atoms with E-state index in [-0.39, 0.29) is 5.28 Å². The second-order valence-electron chi connectivity index (χ2n) is 3.83. The Morgan fingerprint density at radius 2 is 2.31 bits per heavy atom.